The molecule has 1 heterocycles. The molecule has 0 saturated carbocycles. The number of aromatic nitrogens is 2. The number of nitrogens with zero attached hydrogens (tertiary/aromatic N) is 3. The van der Waals surface area contributed by atoms with E-state index in [0.29, 0.717) is 25.4 Å². The number of aryl methyl sites for hydroxylation is 1. The molecule has 4 nitrogen and oxygen atoms in total. The van der Waals surface area contributed by atoms with Crippen LogP contribution in [0.2, 0.25) is 0 Å². The second kappa shape index (κ2) is 6.06. The minimum atomic E-state index is 0.0847. The molecule has 102 valence electrons. The van der Waals surface area contributed by atoms with Crippen molar-refractivity contribution in [2.75, 3.05) is 19.5 Å². The van der Waals surface area contributed by atoms with Crippen LogP contribution in [0.15, 0.2) is 24.3 Å². The summed E-state index contributed by atoms with van der Waals surface area (Å²) in [5.74, 6) is 1.46. The van der Waals surface area contributed by atoms with Crippen molar-refractivity contribution < 1.29 is 4.79 Å². The number of benzene rings is 1. The Morgan fingerprint density at radius 2 is 2.16 bits per heavy atom. The molecule has 19 heavy (non-hydrogen) atoms. The first-order valence-electron chi connectivity index (χ1n) is 6.41. The van der Waals surface area contributed by atoms with E-state index in [-0.39, 0.29) is 5.91 Å². The lowest BCUT2D eigenvalue weighted by Gasteiger charge is -2.16. The average Bonchev–Trinajstić information content (AvgIpc) is 2.76. The lowest BCUT2D eigenvalue weighted by molar-refractivity contribution is -0.130. The molecule has 0 aliphatic carbocycles. The van der Waals surface area contributed by atoms with Gasteiger partial charge in [-0.3, -0.25) is 4.79 Å². The fraction of sp³-hybridized carbons (Fsp3) is 0.429. The van der Waals surface area contributed by atoms with Crippen LogP contribution in [-0.2, 0) is 17.8 Å². The van der Waals surface area contributed by atoms with Gasteiger partial charge < -0.3 is 9.47 Å². The third-order valence-electron chi connectivity index (χ3n) is 3.25. The smallest absolute Gasteiger partial charge is 0.242 e. The van der Waals surface area contributed by atoms with Crippen molar-refractivity contribution in [1.82, 2.24) is 14.5 Å². The van der Waals surface area contributed by atoms with Crippen molar-refractivity contribution in [3.8, 4) is 0 Å². The summed E-state index contributed by atoms with van der Waals surface area (Å²) in [6, 6.07) is 7.85. The minimum Gasteiger partial charge on any atom is -0.344 e. The van der Waals surface area contributed by atoms with E-state index in [9.17, 15) is 4.79 Å². The van der Waals surface area contributed by atoms with E-state index in [0.717, 1.165) is 16.9 Å². The number of likely N-dealkylation sites (N-methyl/N-ethyl adjacent to an activating group) is 1. The molecule has 0 saturated heterocycles. The SMILES string of the molecule is CCN(C)C(=O)Cn1c(CCCl)nc2ccccc21. The lowest BCUT2D eigenvalue weighted by Crippen LogP contribution is -2.30. The summed E-state index contributed by atoms with van der Waals surface area (Å²) in [6.45, 7) is 2.98. The van der Waals surface area contributed by atoms with Crippen molar-refractivity contribution in [1.29, 1.82) is 0 Å². The summed E-state index contributed by atoms with van der Waals surface area (Å²) in [5.41, 5.74) is 1.90. The van der Waals surface area contributed by atoms with Gasteiger partial charge in [0.25, 0.3) is 0 Å². The van der Waals surface area contributed by atoms with Gasteiger partial charge in [-0.2, -0.15) is 0 Å². The molecule has 0 radical (unpaired) electrons. The molecule has 1 aromatic carbocycles. The van der Waals surface area contributed by atoms with E-state index in [1.807, 2.05) is 42.8 Å². The second-order valence-electron chi connectivity index (χ2n) is 4.45. The van der Waals surface area contributed by atoms with Gasteiger partial charge in [0, 0.05) is 25.9 Å². The molecular weight excluding hydrogens is 262 g/mol. The quantitative estimate of drug-likeness (QED) is 0.788. The number of hydrogen-bond acceptors (Lipinski definition) is 2. The summed E-state index contributed by atoms with van der Waals surface area (Å²) < 4.78 is 1.96. The van der Waals surface area contributed by atoms with Crippen molar-refractivity contribution >= 4 is 28.5 Å². The summed E-state index contributed by atoms with van der Waals surface area (Å²) >= 11 is 5.81. The molecule has 2 aromatic rings. The highest BCUT2D eigenvalue weighted by Gasteiger charge is 2.14. The second-order valence-corrected chi connectivity index (χ2v) is 4.83. The fourth-order valence-electron chi connectivity index (χ4n) is 2.01. The average molecular weight is 280 g/mol. The molecule has 0 bridgehead atoms. The Labute approximate surface area is 118 Å². The van der Waals surface area contributed by atoms with Crippen LogP contribution in [0, 0.1) is 0 Å². The van der Waals surface area contributed by atoms with E-state index in [1.165, 1.54) is 0 Å². The maximum Gasteiger partial charge on any atom is 0.242 e. The van der Waals surface area contributed by atoms with Crippen LogP contribution < -0.4 is 0 Å². The van der Waals surface area contributed by atoms with Crippen LogP contribution >= 0.6 is 11.6 Å². The number of carbonyl (C=O) groups excluding carboxylic acids is 1. The Bertz CT molecular complexity index is 579. The van der Waals surface area contributed by atoms with Crippen LogP contribution in [0.3, 0.4) is 0 Å². The van der Waals surface area contributed by atoms with E-state index >= 15 is 0 Å². The standard InChI is InChI=1S/C14H18ClN3O/c1-3-17(2)14(19)10-18-12-7-5-4-6-11(12)16-13(18)8-9-15/h4-7H,3,8-10H2,1-2H3. The lowest BCUT2D eigenvalue weighted by atomic mass is 10.3. The van der Waals surface area contributed by atoms with Gasteiger partial charge in [-0.25, -0.2) is 4.98 Å². The largest absolute Gasteiger partial charge is 0.344 e. The maximum atomic E-state index is 12.1. The highest BCUT2D eigenvalue weighted by Crippen LogP contribution is 2.17. The Morgan fingerprint density at radius 1 is 1.42 bits per heavy atom. The first kappa shape index (κ1) is 13.9. The summed E-state index contributed by atoms with van der Waals surface area (Å²) in [5, 5.41) is 0. The Hall–Kier alpha value is -1.55. The Kier molecular flexibility index (Phi) is 4.43. The molecule has 5 heteroatoms. The van der Waals surface area contributed by atoms with Gasteiger partial charge in [0.2, 0.25) is 5.91 Å². The minimum absolute atomic E-state index is 0.0847. The molecule has 1 aromatic heterocycles. The van der Waals surface area contributed by atoms with Gasteiger partial charge in [0.05, 0.1) is 11.0 Å². The van der Waals surface area contributed by atoms with Crippen LogP contribution in [0.25, 0.3) is 11.0 Å². The Balaban J connectivity index is 2.38. The van der Waals surface area contributed by atoms with Crippen LogP contribution in [-0.4, -0.2) is 39.8 Å². The maximum absolute atomic E-state index is 12.1. The Morgan fingerprint density at radius 3 is 2.84 bits per heavy atom. The number of fused-ring (bicyclic) bond motifs is 1. The summed E-state index contributed by atoms with van der Waals surface area (Å²) in [4.78, 5) is 18.3. The van der Waals surface area contributed by atoms with Gasteiger partial charge in [0.15, 0.2) is 0 Å². The number of imidazole rings is 1. The molecule has 1 amide bonds. The molecule has 0 fully saturated rings. The van der Waals surface area contributed by atoms with Gasteiger partial charge in [-0.1, -0.05) is 12.1 Å². The molecule has 0 aliphatic rings. The molecule has 2 rings (SSSR count). The van der Waals surface area contributed by atoms with Gasteiger partial charge in [-0.15, -0.1) is 11.6 Å². The van der Waals surface area contributed by atoms with Crippen molar-refractivity contribution in [3.05, 3.63) is 30.1 Å². The van der Waals surface area contributed by atoms with E-state index < -0.39 is 0 Å². The third kappa shape index (κ3) is 2.89. The van der Waals surface area contributed by atoms with Crippen LogP contribution in [0.5, 0.6) is 0 Å². The van der Waals surface area contributed by atoms with Gasteiger partial charge in [0.1, 0.15) is 12.4 Å². The van der Waals surface area contributed by atoms with Gasteiger partial charge >= 0.3 is 0 Å². The molecule has 0 aliphatic heterocycles. The van der Waals surface area contributed by atoms with E-state index in [2.05, 4.69) is 4.98 Å². The van der Waals surface area contributed by atoms with Gasteiger partial charge in [-0.05, 0) is 19.1 Å². The molecular formula is C14H18ClN3O. The van der Waals surface area contributed by atoms with E-state index in [1.54, 1.807) is 4.90 Å². The number of halogens is 1. The zero-order valence-corrected chi connectivity index (χ0v) is 12.0. The number of para-hydroxylation sites is 2. The van der Waals surface area contributed by atoms with Crippen molar-refractivity contribution in [3.63, 3.8) is 0 Å². The molecule has 0 spiro atoms. The monoisotopic (exact) mass is 279 g/mol. The zero-order chi connectivity index (χ0) is 13.8. The number of amides is 1. The molecule has 0 N–H and O–H groups in total. The highest BCUT2D eigenvalue weighted by atomic mass is 35.5. The van der Waals surface area contributed by atoms with Crippen LogP contribution in [0.4, 0.5) is 0 Å². The first-order chi connectivity index (χ1) is 9.17. The van der Waals surface area contributed by atoms with Crippen molar-refractivity contribution in [2.45, 2.75) is 19.9 Å². The number of rotatable bonds is 5. The summed E-state index contributed by atoms with van der Waals surface area (Å²) in [7, 11) is 1.81. The first-order valence-corrected chi connectivity index (χ1v) is 6.95. The predicted molar refractivity (Wildman–Crippen MR) is 77.5 cm³/mol. The molecule has 0 atom stereocenters. The van der Waals surface area contributed by atoms with Crippen LogP contribution in [0.1, 0.15) is 12.7 Å². The fourth-order valence-corrected chi connectivity index (χ4v) is 2.18. The van der Waals surface area contributed by atoms with Crippen molar-refractivity contribution in [2.24, 2.45) is 0 Å². The van der Waals surface area contributed by atoms with E-state index in [4.69, 9.17) is 11.6 Å². The molecule has 0 unspecified atom stereocenters. The number of hydrogen-bond donors (Lipinski definition) is 0. The topological polar surface area (TPSA) is 38.1 Å². The number of carbonyl (C=O) groups is 1. The normalized spacial score (nSPS) is 10.9. The number of alkyl halides is 1. The third-order valence-corrected chi connectivity index (χ3v) is 3.43. The summed E-state index contributed by atoms with van der Waals surface area (Å²) in [6.07, 6.45) is 0.666. The zero-order valence-electron chi connectivity index (χ0n) is 11.3. The highest BCUT2D eigenvalue weighted by molar-refractivity contribution is 6.17. The predicted octanol–water partition coefficient (Wildman–Crippen LogP) is 2.30.